The highest BCUT2D eigenvalue weighted by Crippen LogP contribution is 2.28. The van der Waals surface area contributed by atoms with Crippen molar-refractivity contribution in [2.75, 3.05) is 19.8 Å². The number of rotatable bonds is 1. The van der Waals surface area contributed by atoms with Crippen LogP contribution < -0.4 is 0 Å². The van der Waals surface area contributed by atoms with E-state index in [-0.39, 0.29) is 6.10 Å². The molecule has 1 aromatic carbocycles. The van der Waals surface area contributed by atoms with E-state index in [0.29, 0.717) is 19.8 Å². The smallest absolute Gasteiger partial charge is 0.138 e. The molecule has 1 saturated heterocycles. The largest absolute Gasteiger partial charge is 0.458 e. The Kier molecular flexibility index (Phi) is 2.60. The second kappa shape index (κ2) is 4.25. The maximum absolute atomic E-state index is 5.73. The summed E-state index contributed by atoms with van der Waals surface area (Å²) in [4.78, 5) is 0. The van der Waals surface area contributed by atoms with Crippen molar-refractivity contribution in [2.24, 2.45) is 0 Å². The monoisotopic (exact) mass is 228 g/mol. The SMILES string of the molecule is C#Cc1ccc2oc(C3COCCO3)cc2c1. The Morgan fingerprint density at radius 2 is 2.18 bits per heavy atom. The van der Waals surface area contributed by atoms with Crippen molar-refractivity contribution in [3.8, 4) is 12.3 Å². The van der Waals surface area contributed by atoms with Crippen LogP contribution in [0.1, 0.15) is 17.4 Å². The molecule has 1 unspecified atom stereocenters. The second-order valence-corrected chi connectivity index (χ2v) is 3.98. The Morgan fingerprint density at radius 1 is 1.24 bits per heavy atom. The zero-order valence-corrected chi connectivity index (χ0v) is 9.31. The van der Waals surface area contributed by atoms with Gasteiger partial charge in [0.15, 0.2) is 0 Å². The van der Waals surface area contributed by atoms with Crippen LogP contribution in [0, 0.1) is 12.3 Å². The van der Waals surface area contributed by atoms with Crippen LogP contribution in [0.4, 0.5) is 0 Å². The lowest BCUT2D eigenvalue weighted by Gasteiger charge is -2.20. The predicted molar refractivity (Wildman–Crippen MR) is 63.7 cm³/mol. The fourth-order valence-electron chi connectivity index (χ4n) is 1.96. The lowest BCUT2D eigenvalue weighted by molar-refractivity contribution is -0.0971. The average Bonchev–Trinajstić information content (AvgIpc) is 2.82. The number of hydrogen-bond donors (Lipinski definition) is 0. The van der Waals surface area contributed by atoms with Crippen LogP contribution in [0.15, 0.2) is 28.7 Å². The van der Waals surface area contributed by atoms with Crippen molar-refractivity contribution >= 4 is 11.0 Å². The molecule has 0 aliphatic carbocycles. The molecule has 2 heterocycles. The van der Waals surface area contributed by atoms with E-state index in [0.717, 1.165) is 22.3 Å². The first kappa shape index (κ1) is 10.4. The zero-order chi connectivity index (χ0) is 11.7. The van der Waals surface area contributed by atoms with Crippen LogP contribution in [0.2, 0.25) is 0 Å². The van der Waals surface area contributed by atoms with E-state index in [4.69, 9.17) is 20.3 Å². The average molecular weight is 228 g/mol. The maximum Gasteiger partial charge on any atom is 0.138 e. The van der Waals surface area contributed by atoms with Crippen molar-refractivity contribution in [1.82, 2.24) is 0 Å². The molecule has 0 spiro atoms. The van der Waals surface area contributed by atoms with Gasteiger partial charge in [-0.2, -0.15) is 0 Å². The molecule has 2 aromatic rings. The van der Waals surface area contributed by atoms with Gasteiger partial charge in [-0.15, -0.1) is 6.42 Å². The quantitative estimate of drug-likeness (QED) is 0.703. The molecule has 1 atom stereocenters. The first-order valence-electron chi connectivity index (χ1n) is 5.56. The van der Waals surface area contributed by atoms with Crippen molar-refractivity contribution in [1.29, 1.82) is 0 Å². The van der Waals surface area contributed by atoms with Crippen molar-refractivity contribution in [3.63, 3.8) is 0 Å². The predicted octanol–water partition coefficient (Wildman–Crippen LogP) is 2.50. The van der Waals surface area contributed by atoms with Gasteiger partial charge < -0.3 is 13.9 Å². The number of fused-ring (bicyclic) bond motifs is 1. The molecule has 0 radical (unpaired) electrons. The summed E-state index contributed by atoms with van der Waals surface area (Å²) in [5.74, 6) is 3.41. The number of terminal acetylenes is 1. The summed E-state index contributed by atoms with van der Waals surface area (Å²) in [7, 11) is 0. The Morgan fingerprint density at radius 3 is 2.94 bits per heavy atom. The molecule has 0 bridgehead atoms. The van der Waals surface area contributed by atoms with Gasteiger partial charge in [-0.05, 0) is 24.3 Å². The van der Waals surface area contributed by atoms with Gasteiger partial charge in [0, 0.05) is 10.9 Å². The van der Waals surface area contributed by atoms with Crippen LogP contribution >= 0.6 is 0 Å². The molecule has 86 valence electrons. The maximum atomic E-state index is 5.73. The van der Waals surface area contributed by atoms with E-state index in [2.05, 4.69) is 5.92 Å². The molecule has 1 aromatic heterocycles. The summed E-state index contributed by atoms with van der Waals surface area (Å²) < 4.78 is 16.7. The van der Waals surface area contributed by atoms with Crippen molar-refractivity contribution < 1.29 is 13.9 Å². The van der Waals surface area contributed by atoms with Gasteiger partial charge >= 0.3 is 0 Å². The van der Waals surface area contributed by atoms with E-state index < -0.39 is 0 Å². The van der Waals surface area contributed by atoms with E-state index in [1.54, 1.807) is 0 Å². The minimum Gasteiger partial charge on any atom is -0.458 e. The molecular formula is C14H12O3. The van der Waals surface area contributed by atoms with Crippen LogP contribution in [0.5, 0.6) is 0 Å². The molecule has 1 aliphatic heterocycles. The Labute approximate surface area is 99.3 Å². The Bertz CT molecular complexity index is 571. The minimum absolute atomic E-state index is 0.106. The van der Waals surface area contributed by atoms with Gasteiger partial charge in [0.1, 0.15) is 17.4 Å². The third-order valence-corrected chi connectivity index (χ3v) is 2.84. The number of benzene rings is 1. The first-order valence-corrected chi connectivity index (χ1v) is 5.56. The van der Waals surface area contributed by atoms with Crippen LogP contribution in [-0.2, 0) is 9.47 Å². The minimum atomic E-state index is -0.106. The number of furan rings is 1. The van der Waals surface area contributed by atoms with Gasteiger partial charge in [0.2, 0.25) is 0 Å². The third kappa shape index (κ3) is 1.93. The lowest BCUT2D eigenvalue weighted by Crippen LogP contribution is -2.21. The number of hydrogen-bond acceptors (Lipinski definition) is 3. The topological polar surface area (TPSA) is 31.6 Å². The molecule has 3 nitrogen and oxygen atoms in total. The highest BCUT2D eigenvalue weighted by molar-refractivity contribution is 5.79. The summed E-state index contributed by atoms with van der Waals surface area (Å²) >= 11 is 0. The summed E-state index contributed by atoms with van der Waals surface area (Å²) in [6, 6.07) is 7.66. The molecule has 1 aliphatic rings. The van der Waals surface area contributed by atoms with E-state index in [9.17, 15) is 0 Å². The fourth-order valence-corrected chi connectivity index (χ4v) is 1.96. The van der Waals surface area contributed by atoms with E-state index >= 15 is 0 Å². The normalized spacial score (nSPS) is 20.3. The van der Waals surface area contributed by atoms with Gasteiger partial charge in [0.25, 0.3) is 0 Å². The summed E-state index contributed by atoms with van der Waals surface area (Å²) in [6.45, 7) is 1.80. The van der Waals surface area contributed by atoms with Gasteiger partial charge in [0.05, 0.1) is 19.8 Å². The molecular weight excluding hydrogens is 216 g/mol. The Hall–Kier alpha value is -1.76. The molecule has 1 fully saturated rings. The lowest BCUT2D eigenvalue weighted by atomic mass is 10.1. The van der Waals surface area contributed by atoms with Crippen LogP contribution in [0.3, 0.4) is 0 Å². The second-order valence-electron chi connectivity index (χ2n) is 3.98. The standard InChI is InChI=1S/C14H12O3/c1-2-10-3-4-12-11(7-10)8-13(17-12)14-9-15-5-6-16-14/h1,3-4,7-8,14H,5-6,9H2. The molecule has 0 amide bonds. The fraction of sp³-hybridized carbons (Fsp3) is 0.286. The highest BCUT2D eigenvalue weighted by atomic mass is 16.6. The summed E-state index contributed by atoms with van der Waals surface area (Å²) in [5.41, 5.74) is 1.68. The summed E-state index contributed by atoms with van der Waals surface area (Å²) in [5, 5.41) is 1.00. The molecule has 17 heavy (non-hydrogen) atoms. The molecule has 0 N–H and O–H groups in total. The van der Waals surface area contributed by atoms with Gasteiger partial charge in [-0.3, -0.25) is 0 Å². The zero-order valence-electron chi connectivity index (χ0n) is 9.31. The van der Waals surface area contributed by atoms with Gasteiger partial charge in [-0.1, -0.05) is 5.92 Å². The van der Waals surface area contributed by atoms with Crippen molar-refractivity contribution in [2.45, 2.75) is 6.10 Å². The summed E-state index contributed by atoms with van der Waals surface area (Å²) in [6.07, 6.45) is 5.26. The van der Waals surface area contributed by atoms with Crippen LogP contribution in [0.25, 0.3) is 11.0 Å². The van der Waals surface area contributed by atoms with E-state index in [1.165, 1.54) is 0 Å². The van der Waals surface area contributed by atoms with Crippen molar-refractivity contribution in [3.05, 3.63) is 35.6 Å². The highest BCUT2D eigenvalue weighted by Gasteiger charge is 2.20. The van der Waals surface area contributed by atoms with Crippen LogP contribution in [-0.4, -0.2) is 19.8 Å². The molecule has 0 saturated carbocycles. The van der Waals surface area contributed by atoms with E-state index in [1.807, 2.05) is 24.3 Å². The number of ether oxygens (including phenoxy) is 2. The third-order valence-electron chi connectivity index (χ3n) is 2.84. The molecule has 3 rings (SSSR count). The molecule has 3 heteroatoms. The Balaban J connectivity index is 1.98. The van der Waals surface area contributed by atoms with Gasteiger partial charge in [-0.25, -0.2) is 0 Å². The first-order chi connectivity index (χ1) is 8.36.